The van der Waals surface area contributed by atoms with E-state index < -0.39 is 10.0 Å². The summed E-state index contributed by atoms with van der Waals surface area (Å²) in [7, 11) is -1.52. The molecule has 6 heteroatoms. The number of nitrogens with two attached hydrogens (primary N) is 2. The lowest BCUT2D eigenvalue weighted by Gasteiger charge is -2.02. The van der Waals surface area contributed by atoms with Crippen molar-refractivity contribution in [3.05, 3.63) is 35.5 Å². The second-order valence-electron chi connectivity index (χ2n) is 4.82. The molecule has 0 atom stereocenters. The number of sulfonamides is 1. The van der Waals surface area contributed by atoms with E-state index in [1.54, 1.807) is 6.07 Å². The molecular formula is C13H19N3O2S. The molecule has 0 unspecified atom stereocenters. The van der Waals surface area contributed by atoms with Crippen LogP contribution in [0.3, 0.4) is 0 Å². The van der Waals surface area contributed by atoms with E-state index in [1.165, 1.54) is 5.56 Å². The van der Waals surface area contributed by atoms with Crippen molar-refractivity contribution in [3.63, 3.8) is 0 Å². The largest absolute Gasteiger partial charge is 0.350 e. The Hall–Kier alpha value is -1.37. The first kappa shape index (κ1) is 14.0. The van der Waals surface area contributed by atoms with Gasteiger partial charge < -0.3 is 10.3 Å². The molecule has 2 aromatic rings. The Bertz CT molecular complexity index is 689. The zero-order valence-corrected chi connectivity index (χ0v) is 11.8. The Labute approximate surface area is 113 Å². The third kappa shape index (κ3) is 3.34. The average molecular weight is 281 g/mol. The second-order valence-corrected chi connectivity index (χ2v) is 6.43. The number of primary sulfonamides is 1. The van der Waals surface area contributed by atoms with E-state index in [1.807, 2.05) is 23.7 Å². The first-order valence-corrected chi connectivity index (χ1v) is 7.89. The maximum absolute atomic E-state index is 11.2. The molecule has 0 aliphatic carbocycles. The summed E-state index contributed by atoms with van der Waals surface area (Å²) >= 11 is 0. The second kappa shape index (κ2) is 5.32. The molecule has 1 aromatic carbocycles. The summed E-state index contributed by atoms with van der Waals surface area (Å²) in [5, 5.41) is 6.17. The molecule has 19 heavy (non-hydrogen) atoms. The van der Waals surface area contributed by atoms with Gasteiger partial charge in [0, 0.05) is 24.1 Å². The summed E-state index contributed by atoms with van der Waals surface area (Å²) < 4.78 is 24.4. The van der Waals surface area contributed by atoms with E-state index in [4.69, 9.17) is 10.9 Å². The monoisotopic (exact) mass is 281 g/mol. The van der Waals surface area contributed by atoms with Crippen molar-refractivity contribution < 1.29 is 8.42 Å². The fraction of sp³-hybridized carbons (Fsp3) is 0.385. The standard InChI is InChI=1S/C13H19N3O2S/c1-16-8-11(3-2-6-14)12-7-10(4-5-13(12)16)9-19(15,17)18/h4-5,7-8H,2-3,6,9,14H2,1H3,(H2,15,17,18). The van der Waals surface area contributed by atoms with E-state index >= 15 is 0 Å². The van der Waals surface area contributed by atoms with Crippen molar-refractivity contribution in [2.75, 3.05) is 6.54 Å². The van der Waals surface area contributed by atoms with Crippen molar-refractivity contribution in [1.82, 2.24) is 4.57 Å². The minimum Gasteiger partial charge on any atom is -0.350 e. The van der Waals surface area contributed by atoms with Gasteiger partial charge in [0.05, 0.1) is 5.75 Å². The maximum Gasteiger partial charge on any atom is 0.213 e. The molecule has 0 bridgehead atoms. The molecule has 1 aromatic heterocycles. The summed E-state index contributed by atoms with van der Waals surface area (Å²) in [5.74, 6) is -0.131. The molecule has 0 amide bonds. The highest BCUT2D eigenvalue weighted by molar-refractivity contribution is 7.88. The van der Waals surface area contributed by atoms with Crippen LogP contribution in [0.4, 0.5) is 0 Å². The van der Waals surface area contributed by atoms with Crippen molar-refractivity contribution >= 4 is 20.9 Å². The van der Waals surface area contributed by atoms with Crippen molar-refractivity contribution in [2.24, 2.45) is 17.9 Å². The lowest BCUT2D eigenvalue weighted by Crippen LogP contribution is -2.14. The first-order chi connectivity index (χ1) is 8.90. The highest BCUT2D eigenvalue weighted by atomic mass is 32.2. The summed E-state index contributed by atoms with van der Waals surface area (Å²) in [6.45, 7) is 0.646. The lowest BCUT2D eigenvalue weighted by atomic mass is 10.1. The van der Waals surface area contributed by atoms with E-state index in [0.29, 0.717) is 6.54 Å². The van der Waals surface area contributed by atoms with Gasteiger partial charge in [-0.2, -0.15) is 0 Å². The van der Waals surface area contributed by atoms with Crippen LogP contribution in [0.5, 0.6) is 0 Å². The molecule has 0 radical (unpaired) electrons. The third-order valence-corrected chi connectivity index (χ3v) is 3.89. The van der Waals surface area contributed by atoms with Gasteiger partial charge in [-0.25, -0.2) is 13.6 Å². The van der Waals surface area contributed by atoms with Crippen LogP contribution in [0, 0.1) is 0 Å². The van der Waals surface area contributed by atoms with Crippen molar-refractivity contribution in [1.29, 1.82) is 0 Å². The summed E-state index contributed by atoms with van der Waals surface area (Å²) in [5.41, 5.74) is 8.54. The van der Waals surface area contributed by atoms with E-state index in [2.05, 4.69) is 6.20 Å². The highest BCUT2D eigenvalue weighted by Crippen LogP contribution is 2.23. The Balaban J connectivity index is 2.44. The number of hydrogen-bond donors (Lipinski definition) is 2. The summed E-state index contributed by atoms with van der Waals surface area (Å²) in [4.78, 5) is 0. The number of nitrogens with zero attached hydrogens (tertiary/aromatic N) is 1. The van der Waals surface area contributed by atoms with Crippen LogP contribution in [0.25, 0.3) is 10.9 Å². The van der Waals surface area contributed by atoms with Crippen LogP contribution in [-0.2, 0) is 29.2 Å². The van der Waals surface area contributed by atoms with Gasteiger partial charge in [-0.3, -0.25) is 0 Å². The van der Waals surface area contributed by atoms with Gasteiger partial charge >= 0.3 is 0 Å². The van der Waals surface area contributed by atoms with Crippen LogP contribution in [0.15, 0.2) is 24.4 Å². The summed E-state index contributed by atoms with van der Waals surface area (Å²) in [6.07, 6.45) is 3.88. The molecule has 0 fully saturated rings. The van der Waals surface area contributed by atoms with Gasteiger partial charge in [0.25, 0.3) is 0 Å². The lowest BCUT2D eigenvalue weighted by molar-refractivity contribution is 0.597. The number of hydrogen-bond acceptors (Lipinski definition) is 3. The third-order valence-electron chi connectivity index (χ3n) is 3.15. The normalized spacial score (nSPS) is 12.2. The topological polar surface area (TPSA) is 91.1 Å². The van der Waals surface area contributed by atoms with Gasteiger partial charge in [-0.1, -0.05) is 6.07 Å². The predicted octanol–water partition coefficient (Wildman–Crippen LogP) is 0.858. The smallest absolute Gasteiger partial charge is 0.213 e. The Morgan fingerprint density at radius 2 is 2.05 bits per heavy atom. The first-order valence-electron chi connectivity index (χ1n) is 6.18. The highest BCUT2D eigenvalue weighted by Gasteiger charge is 2.10. The molecule has 0 saturated heterocycles. The van der Waals surface area contributed by atoms with Crippen molar-refractivity contribution in [3.8, 4) is 0 Å². The van der Waals surface area contributed by atoms with Crippen molar-refractivity contribution in [2.45, 2.75) is 18.6 Å². The molecular weight excluding hydrogens is 262 g/mol. The van der Waals surface area contributed by atoms with Crippen LogP contribution < -0.4 is 10.9 Å². The fourth-order valence-corrected chi connectivity index (χ4v) is 2.98. The number of aryl methyl sites for hydroxylation is 2. The van der Waals surface area contributed by atoms with E-state index in [9.17, 15) is 8.42 Å². The zero-order valence-electron chi connectivity index (χ0n) is 11.0. The Morgan fingerprint density at radius 3 is 2.68 bits per heavy atom. The Morgan fingerprint density at radius 1 is 1.32 bits per heavy atom. The van der Waals surface area contributed by atoms with E-state index in [-0.39, 0.29) is 5.75 Å². The SMILES string of the molecule is Cn1cc(CCCN)c2cc(CS(N)(=O)=O)ccc21. The Kier molecular flexibility index (Phi) is 3.93. The summed E-state index contributed by atoms with van der Waals surface area (Å²) in [6, 6.07) is 5.65. The van der Waals surface area contributed by atoms with Crippen LogP contribution in [0.2, 0.25) is 0 Å². The fourth-order valence-electron chi connectivity index (χ4n) is 2.33. The van der Waals surface area contributed by atoms with Gasteiger partial charge in [0.15, 0.2) is 0 Å². The average Bonchev–Trinajstić information content (AvgIpc) is 2.61. The molecule has 0 spiro atoms. The van der Waals surface area contributed by atoms with Gasteiger partial charge in [-0.15, -0.1) is 0 Å². The number of fused-ring (bicyclic) bond motifs is 1. The minimum atomic E-state index is -3.50. The number of benzene rings is 1. The molecule has 0 aliphatic heterocycles. The quantitative estimate of drug-likeness (QED) is 0.851. The molecule has 1 heterocycles. The van der Waals surface area contributed by atoms with Crippen LogP contribution in [0.1, 0.15) is 17.5 Å². The molecule has 4 N–H and O–H groups in total. The van der Waals surface area contributed by atoms with Gasteiger partial charge in [0.1, 0.15) is 0 Å². The molecule has 5 nitrogen and oxygen atoms in total. The van der Waals surface area contributed by atoms with Gasteiger partial charge in [0.2, 0.25) is 10.0 Å². The zero-order chi connectivity index (χ0) is 14.0. The maximum atomic E-state index is 11.2. The van der Waals surface area contributed by atoms with Gasteiger partial charge in [-0.05, 0) is 42.6 Å². The number of rotatable bonds is 5. The molecule has 104 valence electrons. The molecule has 0 aliphatic rings. The number of aromatic nitrogens is 1. The predicted molar refractivity (Wildman–Crippen MR) is 77.1 cm³/mol. The van der Waals surface area contributed by atoms with E-state index in [0.717, 1.165) is 29.3 Å². The van der Waals surface area contributed by atoms with Crippen LogP contribution in [-0.4, -0.2) is 19.5 Å². The molecule has 0 saturated carbocycles. The molecule has 2 rings (SSSR count). The minimum absolute atomic E-state index is 0.131. The van der Waals surface area contributed by atoms with Crippen LogP contribution >= 0.6 is 0 Å².